The zero-order chi connectivity index (χ0) is 20.7. The molecule has 1 N–H and O–H groups in total. The standard InChI is InChI=1S/C21H22F3N3S/c1-5-18-26-21(13-27(18)4,15-8-6-14(7-9-15)20(3,23)24)19(2,22)17-11-10-16(12-25)28-17/h5-11,26H,13H2,1-4H3/b18-5-. The minimum atomic E-state index is -2.96. The van der Waals surface area contributed by atoms with Crippen LogP contribution in [-0.4, -0.2) is 18.5 Å². The van der Waals surface area contributed by atoms with E-state index in [9.17, 15) is 8.78 Å². The van der Waals surface area contributed by atoms with Gasteiger partial charge >= 0.3 is 0 Å². The van der Waals surface area contributed by atoms with E-state index in [1.54, 1.807) is 24.3 Å². The van der Waals surface area contributed by atoms with Crippen molar-refractivity contribution in [2.75, 3.05) is 13.6 Å². The van der Waals surface area contributed by atoms with Gasteiger partial charge in [0, 0.05) is 31.0 Å². The fourth-order valence-corrected chi connectivity index (χ4v) is 4.62. The fraction of sp³-hybridized carbons (Fsp3) is 0.381. The lowest BCUT2D eigenvalue weighted by Gasteiger charge is -2.40. The maximum absolute atomic E-state index is 16.5. The van der Waals surface area contributed by atoms with Crippen molar-refractivity contribution in [3.8, 4) is 6.07 Å². The van der Waals surface area contributed by atoms with Crippen LogP contribution in [0.2, 0.25) is 0 Å². The summed E-state index contributed by atoms with van der Waals surface area (Å²) in [6.45, 7) is 4.47. The first-order valence-corrected chi connectivity index (χ1v) is 9.70. The Morgan fingerprint density at radius 2 is 1.82 bits per heavy atom. The van der Waals surface area contributed by atoms with Gasteiger partial charge in [-0.1, -0.05) is 24.3 Å². The molecule has 2 unspecified atom stereocenters. The Morgan fingerprint density at radius 3 is 2.29 bits per heavy atom. The summed E-state index contributed by atoms with van der Waals surface area (Å²) in [4.78, 5) is 2.73. The zero-order valence-electron chi connectivity index (χ0n) is 16.2. The highest BCUT2D eigenvalue weighted by Crippen LogP contribution is 2.49. The second-order valence-electron chi connectivity index (χ2n) is 7.30. The number of nitrogens with one attached hydrogen (secondary N) is 1. The van der Waals surface area contributed by atoms with E-state index >= 15 is 4.39 Å². The lowest BCUT2D eigenvalue weighted by Crippen LogP contribution is -2.53. The molecule has 1 aromatic carbocycles. The maximum atomic E-state index is 16.5. The fourth-order valence-electron chi connectivity index (χ4n) is 3.70. The molecule has 0 aliphatic carbocycles. The van der Waals surface area contributed by atoms with Gasteiger partial charge in [0.25, 0.3) is 5.92 Å². The molecule has 1 aromatic heterocycles. The number of nitrogens with zero attached hydrogens (tertiary/aromatic N) is 2. The zero-order valence-corrected chi connectivity index (χ0v) is 17.0. The first-order valence-electron chi connectivity index (χ1n) is 8.89. The normalized spacial score (nSPS) is 23.4. The Kier molecular flexibility index (Phi) is 4.96. The molecule has 2 atom stereocenters. The number of hydrogen-bond donors (Lipinski definition) is 1. The summed E-state index contributed by atoms with van der Waals surface area (Å²) in [6.07, 6.45) is 1.85. The van der Waals surface area contributed by atoms with Gasteiger partial charge in [0.05, 0.1) is 5.82 Å². The predicted octanol–water partition coefficient (Wildman–Crippen LogP) is 5.21. The average molecular weight is 405 g/mol. The summed E-state index contributed by atoms with van der Waals surface area (Å²) < 4.78 is 43.8. The second kappa shape index (κ2) is 6.85. The van der Waals surface area contributed by atoms with Crippen LogP contribution >= 0.6 is 11.3 Å². The third-order valence-electron chi connectivity index (χ3n) is 5.37. The maximum Gasteiger partial charge on any atom is 0.270 e. The molecule has 1 aliphatic rings. The highest BCUT2D eigenvalue weighted by molar-refractivity contribution is 7.12. The van der Waals surface area contributed by atoms with Crippen molar-refractivity contribution in [1.82, 2.24) is 10.2 Å². The highest BCUT2D eigenvalue weighted by atomic mass is 32.1. The molecule has 0 saturated carbocycles. The third kappa shape index (κ3) is 3.16. The third-order valence-corrected chi connectivity index (χ3v) is 6.55. The number of allylic oxidation sites excluding steroid dienone is 1. The second-order valence-corrected chi connectivity index (χ2v) is 8.39. The Morgan fingerprint density at radius 1 is 1.18 bits per heavy atom. The summed E-state index contributed by atoms with van der Waals surface area (Å²) in [7, 11) is 1.85. The molecule has 0 amide bonds. The van der Waals surface area contributed by atoms with E-state index in [4.69, 9.17) is 5.26 Å². The summed E-state index contributed by atoms with van der Waals surface area (Å²) in [5, 5.41) is 12.4. The van der Waals surface area contributed by atoms with Crippen LogP contribution in [0.15, 0.2) is 48.3 Å². The number of hydrogen-bond acceptors (Lipinski definition) is 4. The van der Waals surface area contributed by atoms with Crippen LogP contribution in [0.25, 0.3) is 0 Å². The molecular weight excluding hydrogens is 383 g/mol. The Labute approximate surface area is 167 Å². The molecule has 1 fully saturated rings. The van der Waals surface area contributed by atoms with Crippen LogP contribution in [-0.2, 0) is 17.1 Å². The molecule has 7 heteroatoms. The van der Waals surface area contributed by atoms with Gasteiger partial charge in [-0.25, -0.2) is 13.2 Å². The molecule has 148 valence electrons. The SMILES string of the molecule is C/C=C1/NC(c2ccc(C(C)(F)F)cc2)(C(C)(F)c2ccc(C#N)s2)CN1C. The number of nitriles is 1. The van der Waals surface area contributed by atoms with Crippen LogP contribution in [0.3, 0.4) is 0 Å². The monoisotopic (exact) mass is 405 g/mol. The number of thiophene rings is 1. The van der Waals surface area contributed by atoms with Crippen LogP contribution in [0.5, 0.6) is 0 Å². The molecular formula is C21H22F3N3S. The topological polar surface area (TPSA) is 39.1 Å². The van der Waals surface area contributed by atoms with Gasteiger partial charge in [-0.15, -0.1) is 11.3 Å². The summed E-state index contributed by atoms with van der Waals surface area (Å²) in [5.41, 5.74) is -2.63. The van der Waals surface area contributed by atoms with E-state index in [2.05, 4.69) is 5.32 Å². The lowest BCUT2D eigenvalue weighted by molar-refractivity contribution is 0.0173. The van der Waals surface area contributed by atoms with Crippen molar-refractivity contribution in [2.45, 2.75) is 37.9 Å². The number of likely N-dealkylation sites (N-methyl/N-ethyl adjacent to an activating group) is 1. The highest BCUT2D eigenvalue weighted by Gasteiger charge is 2.56. The molecule has 3 nitrogen and oxygen atoms in total. The number of halogens is 3. The first-order chi connectivity index (χ1) is 13.0. The molecule has 2 heterocycles. The van der Waals surface area contributed by atoms with E-state index in [1.165, 1.54) is 19.1 Å². The van der Waals surface area contributed by atoms with Crippen LogP contribution in [0, 0.1) is 11.3 Å². The van der Waals surface area contributed by atoms with Crippen molar-refractivity contribution in [2.24, 2.45) is 0 Å². The van der Waals surface area contributed by atoms with E-state index < -0.39 is 17.1 Å². The van der Waals surface area contributed by atoms with Gasteiger partial charge in [-0.3, -0.25) is 0 Å². The van der Waals surface area contributed by atoms with E-state index in [0.29, 0.717) is 21.9 Å². The molecule has 2 aromatic rings. The molecule has 1 aliphatic heterocycles. The minimum Gasteiger partial charge on any atom is -0.359 e. The largest absolute Gasteiger partial charge is 0.359 e. The van der Waals surface area contributed by atoms with E-state index in [0.717, 1.165) is 24.1 Å². The molecule has 3 rings (SSSR count). The number of alkyl halides is 3. The summed E-state index contributed by atoms with van der Waals surface area (Å²) in [6, 6.07) is 11.1. The molecule has 0 radical (unpaired) electrons. The molecule has 0 spiro atoms. The average Bonchev–Trinajstić information content (AvgIpc) is 3.26. The lowest BCUT2D eigenvalue weighted by atomic mass is 9.76. The Balaban J connectivity index is 2.16. The van der Waals surface area contributed by atoms with E-state index in [-0.39, 0.29) is 5.56 Å². The van der Waals surface area contributed by atoms with Crippen LogP contribution in [0.1, 0.15) is 41.7 Å². The number of rotatable bonds is 4. The van der Waals surface area contributed by atoms with Crippen molar-refractivity contribution in [3.63, 3.8) is 0 Å². The van der Waals surface area contributed by atoms with Crippen LogP contribution in [0.4, 0.5) is 13.2 Å². The van der Waals surface area contributed by atoms with Crippen molar-refractivity contribution >= 4 is 11.3 Å². The summed E-state index contributed by atoms with van der Waals surface area (Å²) in [5.74, 6) is -2.21. The van der Waals surface area contributed by atoms with Crippen LogP contribution < -0.4 is 5.32 Å². The van der Waals surface area contributed by atoms with Crippen molar-refractivity contribution in [3.05, 3.63) is 69.2 Å². The van der Waals surface area contributed by atoms with Gasteiger partial charge in [-0.2, -0.15) is 5.26 Å². The molecule has 1 saturated heterocycles. The molecule has 28 heavy (non-hydrogen) atoms. The minimum absolute atomic E-state index is 0.118. The van der Waals surface area contributed by atoms with Gasteiger partial charge in [-0.05, 0) is 37.6 Å². The quantitative estimate of drug-likeness (QED) is 0.759. The van der Waals surface area contributed by atoms with Crippen molar-refractivity contribution in [1.29, 1.82) is 5.26 Å². The van der Waals surface area contributed by atoms with E-state index in [1.807, 2.05) is 31.0 Å². The smallest absolute Gasteiger partial charge is 0.270 e. The number of benzene rings is 1. The van der Waals surface area contributed by atoms with Gasteiger partial charge in [0.2, 0.25) is 0 Å². The van der Waals surface area contributed by atoms with Gasteiger partial charge in [0.1, 0.15) is 16.5 Å². The van der Waals surface area contributed by atoms with Crippen molar-refractivity contribution < 1.29 is 13.2 Å². The molecule has 0 bridgehead atoms. The van der Waals surface area contributed by atoms with Gasteiger partial charge in [0.15, 0.2) is 5.67 Å². The summed E-state index contributed by atoms with van der Waals surface area (Å²) >= 11 is 1.10. The first kappa shape index (κ1) is 20.3. The van der Waals surface area contributed by atoms with Gasteiger partial charge < -0.3 is 10.2 Å². The Hall–Kier alpha value is -2.46. The Bertz CT molecular complexity index is 935. The predicted molar refractivity (Wildman–Crippen MR) is 105 cm³/mol.